The predicted molar refractivity (Wildman–Crippen MR) is 126 cm³/mol. The van der Waals surface area contributed by atoms with E-state index in [1.807, 2.05) is 0 Å². The minimum atomic E-state index is -4.81. The van der Waals surface area contributed by atoms with E-state index < -0.39 is 29.5 Å². The highest BCUT2D eigenvalue weighted by Gasteiger charge is 2.42. The molecule has 3 aromatic rings. The van der Waals surface area contributed by atoms with Crippen LogP contribution in [-0.2, 0) is 23.6 Å². The Balaban J connectivity index is 1.94. The lowest BCUT2D eigenvalue weighted by atomic mass is 9.98. The zero-order valence-electron chi connectivity index (χ0n) is 20.3. The van der Waals surface area contributed by atoms with Gasteiger partial charge in [0.15, 0.2) is 0 Å². The summed E-state index contributed by atoms with van der Waals surface area (Å²) in [6.45, 7) is 1.86. The van der Waals surface area contributed by atoms with Crippen LogP contribution in [0.5, 0.6) is 0 Å². The number of alkyl halides is 6. The van der Waals surface area contributed by atoms with Crippen LogP contribution in [0.3, 0.4) is 0 Å². The van der Waals surface area contributed by atoms with Crippen LogP contribution >= 0.6 is 0 Å². The Labute approximate surface area is 210 Å². The molecule has 1 fully saturated rings. The van der Waals surface area contributed by atoms with Gasteiger partial charge in [-0.25, -0.2) is 0 Å². The fourth-order valence-corrected chi connectivity index (χ4v) is 4.84. The topological polar surface area (TPSA) is 34.5 Å². The van der Waals surface area contributed by atoms with E-state index in [1.165, 1.54) is 18.9 Å². The third kappa shape index (κ3) is 5.53. The molecule has 4 rings (SSSR count). The molecule has 0 saturated carbocycles. The van der Waals surface area contributed by atoms with Crippen molar-refractivity contribution >= 4 is 5.91 Å². The van der Waals surface area contributed by atoms with Crippen LogP contribution in [0.1, 0.15) is 45.7 Å². The summed E-state index contributed by atoms with van der Waals surface area (Å²) in [4.78, 5) is 15.3. The smallest absolute Gasteiger partial charge is 0.381 e. The van der Waals surface area contributed by atoms with Crippen molar-refractivity contribution < 1.29 is 35.9 Å². The van der Waals surface area contributed by atoms with Crippen LogP contribution < -0.4 is 0 Å². The zero-order valence-corrected chi connectivity index (χ0v) is 20.3. The minimum Gasteiger partial charge on any atom is -0.381 e. The van der Waals surface area contributed by atoms with E-state index in [1.54, 1.807) is 30.3 Å². The molecule has 0 spiro atoms. The van der Waals surface area contributed by atoms with Gasteiger partial charge >= 0.3 is 12.4 Å². The highest BCUT2D eigenvalue weighted by molar-refractivity contribution is 6.01. The second-order valence-corrected chi connectivity index (χ2v) is 9.10. The first-order valence-electron chi connectivity index (χ1n) is 11.8. The highest BCUT2D eigenvalue weighted by Crippen LogP contribution is 2.42. The third-order valence-corrected chi connectivity index (χ3v) is 6.72. The van der Waals surface area contributed by atoms with Crippen molar-refractivity contribution in [2.24, 2.45) is 0 Å². The second-order valence-electron chi connectivity index (χ2n) is 9.10. The molecule has 2 aromatic carbocycles. The van der Waals surface area contributed by atoms with Gasteiger partial charge in [-0.15, -0.1) is 0 Å². The van der Waals surface area contributed by atoms with Crippen LogP contribution in [-0.4, -0.2) is 41.7 Å². The van der Waals surface area contributed by atoms with Crippen molar-refractivity contribution in [1.82, 2.24) is 9.47 Å². The summed E-state index contributed by atoms with van der Waals surface area (Å²) in [5.74, 6) is -0.628. The summed E-state index contributed by atoms with van der Waals surface area (Å²) in [6.07, 6.45) is -8.36. The van der Waals surface area contributed by atoms with Gasteiger partial charge in [-0.3, -0.25) is 4.79 Å². The lowest BCUT2D eigenvalue weighted by molar-refractivity contribution is -0.143. The van der Waals surface area contributed by atoms with Gasteiger partial charge in [0.05, 0.1) is 5.56 Å². The number of hydrogen-bond donors (Lipinski definition) is 0. The Morgan fingerprint density at radius 1 is 0.946 bits per heavy atom. The summed E-state index contributed by atoms with van der Waals surface area (Å²) < 4.78 is 89.1. The average molecular weight is 525 g/mol. The molecule has 10 heteroatoms. The first-order chi connectivity index (χ1) is 17.4. The summed E-state index contributed by atoms with van der Waals surface area (Å²) in [7, 11) is 1.54. The minimum absolute atomic E-state index is 0.0270. The van der Waals surface area contributed by atoms with Crippen LogP contribution in [0.25, 0.3) is 11.1 Å². The summed E-state index contributed by atoms with van der Waals surface area (Å²) >= 11 is 0. The summed E-state index contributed by atoms with van der Waals surface area (Å²) in [5.41, 5.74) is -1.73. The van der Waals surface area contributed by atoms with Crippen LogP contribution in [0.2, 0.25) is 0 Å². The lowest BCUT2D eigenvalue weighted by Crippen LogP contribution is -2.41. The number of ether oxygens (including phenoxy) is 1. The molecule has 1 aliphatic heterocycles. The quantitative estimate of drug-likeness (QED) is 0.344. The van der Waals surface area contributed by atoms with Crippen molar-refractivity contribution in [2.75, 3.05) is 20.3 Å². The number of halogens is 6. The Kier molecular flexibility index (Phi) is 7.41. The number of nitrogens with zero attached hydrogens (tertiary/aromatic N) is 2. The Morgan fingerprint density at radius 2 is 1.54 bits per heavy atom. The number of carbonyl (C=O) groups is 1. The fraction of sp³-hybridized carbons (Fsp3) is 0.370. The molecule has 37 heavy (non-hydrogen) atoms. The maximum atomic E-state index is 14.4. The Hall–Kier alpha value is -3.27. The van der Waals surface area contributed by atoms with E-state index in [-0.39, 0.29) is 35.0 Å². The lowest BCUT2D eigenvalue weighted by Gasteiger charge is -2.32. The standard InChI is InChI=1S/C27H26F6N2O2/c1-17-22(19-8-10-20(11-9-19)26(28,29)30)23(25(36)34(2)21-12-14-37-15-13-21)35(24(17)27(31,32)33)16-18-6-4-3-5-7-18/h3-11,21H,12-16H2,1-2H3. The summed E-state index contributed by atoms with van der Waals surface area (Å²) in [5, 5.41) is 0. The van der Waals surface area contributed by atoms with Crippen molar-refractivity contribution in [3.63, 3.8) is 0 Å². The molecule has 0 aliphatic carbocycles. The molecular weight excluding hydrogens is 498 g/mol. The van der Waals surface area contributed by atoms with E-state index in [9.17, 15) is 31.1 Å². The fourth-order valence-electron chi connectivity index (χ4n) is 4.84. The van der Waals surface area contributed by atoms with E-state index in [0.29, 0.717) is 31.6 Å². The molecule has 0 bridgehead atoms. The number of benzene rings is 2. The highest BCUT2D eigenvalue weighted by atomic mass is 19.4. The van der Waals surface area contributed by atoms with E-state index in [0.717, 1.165) is 28.8 Å². The molecule has 0 N–H and O–H groups in total. The molecular formula is C27H26F6N2O2. The van der Waals surface area contributed by atoms with Crippen molar-refractivity contribution in [2.45, 2.75) is 44.7 Å². The van der Waals surface area contributed by atoms with Crippen LogP contribution in [0.15, 0.2) is 54.6 Å². The number of carbonyl (C=O) groups excluding carboxylic acids is 1. The van der Waals surface area contributed by atoms with Crippen molar-refractivity contribution in [1.29, 1.82) is 0 Å². The van der Waals surface area contributed by atoms with Crippen LogP contribution in [0.4, 0.5) is 26.3 Å². The van der Waals surface area contributed by atoms with E-state index in [4.69, 9.17) is 4.74 Å². The van der Waals surface area contributed by atoms with Crippen LogP contribution in [0, 0.1) is 6.92 Å². The van der Waals surface area contributed by atoms with Gasteiger partial charge < -0.3 is 14.2 Å². The van der Waals surface area contributed by atoms with Crippen molar-refractivity contribution in [3.8, 4) is 11.1 Å². The third-order valence-electron chi connectivity index (χ3n) is 6.72. The largest absolute Gasteiger partial charge is 0.431 e. The average Bonchev–Trinajstić information content (AvgIpc) is 3.15. The number of rotatable bonds is 5. The van der Waals surface area contributed by atoms with Gasteiger partial charge in [-0.1, -0.05) is 42.5 Å². The molecule has 0 atom stereocenters. The predicted octanol–water partition coefficient (Wildman–Crippen LogP) is 6.80. The van der Waals surface area contributed by atoms with E-state index in [2.05, 4.69) is 0 Å². The zero-order chi connectivity index (χ0) is 27.0. The first kappa shape index (κ1) is 26.8. The van der Waals surface area contributed by atoms with Gasteiger partial charge in [0, 0.05) is 38.4 Å². The Bertz CT molecular complexity index is 1240. The molecule has 1 saturated heterocycles. The first-order valence-corrected chi connectivity index (χ1v) is 11.8. The monoisotopic (exact) mass is 524 g/mol. The van der Waals surface area contributed by atoms with Gasteiger partial charge in [0.1, 0.15) is 11.4 Å². The molecule has 1 aromatic heterocycles. The van der Waals surface area contributed by atoms with Gasteiger partial charge in [0.2, 0.25) is 0 Å². The molecule has 1 aliphatic rings. The SMILES string of the molecule is Cc1c(-c2ccc(C(F)(F)F)cc2)c(C(=O)N(C)C2CCOCC2)n(Cc2ccccc2)c1C(F)(F)F. The van der Waals surface area contributed by atoms with Gasteiger partial charge in [-0.05, 0) is 48.6 Å². The maximum Gasteiger partial charge on any atom is 0.431 e. The summed E-state index contributed by atoms with van der Waals surface area (Å²) in [6, 6.07) is 12.0. The molecule has 0 unspecified atom stereocenters. The number of amides is 1. The molecule has 1 amide bonds. The molecule has 0 radical (unpaired) electrons. The van der Waals surface area contributed by atoms with E-state index >= 15 is 0 Å². The van der Waals surface area contributed by atoms with Gasteiger partial charge in [-0.2, -0.15) is 26.3 Å². The van der Waals surface area contributed by atoms with Gasteiger partial charge in [0.25, 0.3) is 5.91 Å². The maximum absolute atomic E-state index is 14.4. The molecule has 4 nitrogen and oxygen atoms in total. The second kappa shape index (κ2) is 10.2. The number of aromatic nitrogens is 1. The van der Waals surface area contributed by atoms with Crippen molar-refractivity contribution in [3.05, 3.63) is 82.7 Å². The normalized spacial score (nSPS) is 15.1. The number of hydrogen-bond acceptors (Lipinski definition) is 2. The molecule has 198 valence electrons. The Morgan fingerprint density at radius 3 is 2.08 bits per heavy atom. The molecule has 2 heterocycles.